The molecule has 1 unspecified atom stereocenters. The van der Waals surface area contributed by atoms with Gasteiger partial charge in [-0.1, -0.05) is 184 Å². The third kappa shape index (κ3) is 6.48. The molecule has 0 saturated carbocycles. The number of rotatable bonds is 9. The minimum Gasteiger partial charge on any atom is -0.314 e. The van der Waals surface area contributed by atoms with Crippen LogP contribution in [-0.4, -0.2) is 5.66 Å². The predicted octanol–water partition coefficient (Wildman–Crippen LogP) is 15.0. The SMILES string of the molecule is CC1(C)c2ccccc2-c2ccc(N(c3ccccc3)C3(N(c4ccccc4)c4ccc(-c5ccccc5)cc4)C=CC(c4cccc(-c5ccccc5)c4)=CC3)cc21. The van der Waals surface area contributed by atoms with E-state index in [0.29, 0.717) is 6.42 Å². The van der Waals surface area contributed by atoms with Gasteiger partial charge in [-0.3, -0.25) is 0 Å². The van der Waals surface area contributed by atoms with Crippen LogP contribution in [0, 0.1) is 0 Å². The summed E-state index contributed by atoms with van der Waals surface area (Å²) in [4.78, 5) is 5.13. The summed E-state index contributed by atoms with van der Waals surface area (Å²) in [5.41, 5.74) is 16.2. The van der Waals surface area contributed by atoms with Crippen LogP contribution in [-0.2, 0) is 5.41 Å². The molecule has 0 radical (unpaired) electrons. The molecule has 0 amide bonds. The van der Waals surface area contributed by atoms with Crippen molar-refractivity contribution in [2.45, 2.75) is 31.3 Å². The second-order valence-electron chi connectivity index (χ2n) is 16.2. The number of fused-ring (bicyclic) bond motifs is 3. The molecule has 2 aliphatic carbocycles. The lowest BCUT2D eigenvalue weighted by Gasteiger charge is -2.52. The molecular weight excluding hydrogens is 713 g/mol. The van der Waals surface area contributed by atoms with Crippen molar-refractivity contribution in [1.29, 1.82) is 0 Å². The summed E-state index contributed by atoms with van der Waals surface area (Å²) in [6.45, 7) is 4.74. The molecular formula is C57H46N2. The molecule has 0 fully saturated rings. The molecule has 59 heavy (non-hydrogen) atoms. The Morgan fingerprint density at radius 2 is 0.847 bits per heavy atom. The zero-order valence-electron chi connectivity index (χ0n) is 33.5. The molecule has 10 rings (SSSR count). The van der Waals surface area contributed by atoms with E-state index in [-0.39, 0.29) is 5.41 Å². The van der Waals surface area contributed by atoms with Gasteiger partial charge in [0.05, 0.1) is 0 Å². The van der Waals surface area contributed by atoms with Crippen LogP contribution in [0.3, 0.4) is 0 Å². The van der Waals surface area contributed by atoms with E-state index in [0.717, 1.165) is 22.7 Å². The number of hydrogen-bond donors (Lipinski definition) is 0. The molecule has 284 valence electrons. The van der Waals surface area contributed by atoms with Gasteiger partial charge in [0.25, 0.3) is 0 Å². The fourth-order valence-electron chi connectivity index (χ4n) is 9.39. The topological polar surface area (TPSA) is 6.48 Å². The quantitative estimate of drug-likeness (QED) is 0.135. The van der Waals surface area contributed by atoms with Gasteiger partial charge >= 0.3 is 0 Å². The molecule has 0 aliphatic heterocycles. The lowest BCUT2D eigenvalue weighted by Crippen LogP contribution is -2.57. The van der Waals surface area contributed by atoms with Crippen LogP contribution < -0.4 is 9.80 Å². The Balaban J connectivity index is 1.18. The first-order valence-electron chi connectivity index (χ1n) is 20.7. The summed E-state index contributed by atoms with van der Waals surface area (Å²) >= 11 is 0. The van der Waals surface area contributed by atoms with Crippen LogP contribution >= 0.6 is 0 Å². The summed E-state index contributed by atoms with van der Waals surface area (Å²) in [6.07, 6.45) is 7.96. The number of hydrogen-bond acceptors (Lipinski definition) is 2. The molecule has 2 nitrogen and oxygen atoms in total. The zero-order valence-corrected chi connectivity index (χ0v) is 33.5. The van der Waals surface area contributed by atoms with Gasteiger partial charge in [-0.15, -0.1) is 0 Å². The lowest BCUT2D eigenvalue weighted by atomic mass is 9.82. The Labute approximate surface area is 348 Å². The summed E-state index contributed by atoms with van der Waals surface area (Å²) in [6, 6.07) is 77.3. The summed E-state index contributed by atoms with van der Waals surface area (Å²) in [7, 11) is 0. The predicted molar refractivity (Wildman–Crippen MR) is 249 cm³/mol. The summed E-state index contributed by atoms with van der Waals surface area (Å²) < 4.78 is 0. The fraction of sp³-hybridized carbons (Fsp3) is 0.0877. The number of benzene rings is 8. The molecule has 0 heterocycles. The maximum atomic E-state index is 2.58. The maximum Gasteiger partial charge on any atom is 0.145 e. The Hall–Kier alpha value is -7.16. The van der Waals surface area contributed by atoms with Crippen molar-refractivity contribution in [3.63, 3.8) is 0 Å². The number of anilines is 4. The highest BCUT2D eigenvalue weighted by atomic mass is 15.4. The van der Waals surface area contributed by atoms with Crippen LogP contribution in [0.25, 0.3) is 39.0 Å². The number of allylic oxidation sites excluding steroid dienone is 2. The molecule has 0 bridgehead atoms. The Morgan fingerprint density at radius 1 is 0.373 bits per heavy atom. The zero-order chi connectivity index (χ0) is 39.8. The Bertz CT molecular complexity index is 2800. The van der Waals surface area contributed by atoms with Gasteiger partial charge in [0, 0.05) is 34.6 Å². The van der Waals surface area contributed by atoms with Crippen LogP contribution in [0.4, 0.5) is 22.7 Å². The van der Waals surface area contributed by atoms with Crippen LogP contribution in [0.5, 0.6) is 0 Å². The third-order valence-electron chi connectivity index (χ3n) is 12.3. The Kier molecular flexibility index (Phi) is 9.19. The second-order valence-corrected chi connectivity index (χ2v) is 16.2. The van der Waals surface area contributed by atoms with E-state index in [2.05, 4.69) is 254 Å². The normalized spacial score (nSPS) is 16.1. The minimum absolute atomic E-state index is 0.150. The van der Waals surface area contributed by atoms with E-state index in [1.807, 2.05) is 0 Å². The molecule has 0 aromatic heterocycles. The molecule has 1 atom stereocenters. The highest BCUT2D eigenvalue weighted by molar-refractivity contribution is 5.87. The minimum atomic E-state index is -0.707. The van der Waals surface area contributed by atoms with Gasteiger partial charge in [-0.25, -0.2) is 0 Å². The summed E-state index contributed by atoms with van der Waals surface area (Å²) in [5.74, 6) is 0. The van der Waals surface area contributed by atoms with Crippen LogP contribution in [0.2, 0.25) is 0 Å². The molecule has 0 saturated heterocycles. The van der Waals surface area contributed by atoms with E-state index in [1.54, 1.807) is 0 Å². The summed E-state index contributed by atoms with van der Waals surface area (Å²) in [5, 5.41) is 0. The highest BCUT2D eigenvalue weighted by Crippen LogP contribution is 2.52. The molecule has 0 spiro atoms. The first kappa shape index (κ1) is 36.2. The molecule has 0 N–H and O–H groups in total. The highest BCUT2D eigenvalue weighted by Gasteiger charge is 2.45. The number of nitrogens with zero attached hydrogens (tertiary/aromatic N) is 2. The largest absolute Gasteiger partial charge is 0.314 e. The van der Waals surface area contributed by atoms with Crippen molar-refractivity contribution in [3.8, 4) is 33.4 Å². The number of para-hydroxylation sites is 2. The second kappa shape index (κ2) is 15.0. The molecule has 8 aromatic carbocycles. The van der Waals surface area contributed by atoms with Crippen molar-refractivity contribution in [3.05, 3.63) is 247 Å². The van der Waals surface area contributed by atoms with E-state index < -0.39 is 5.66 Å². The standard InChI is InChI=1S/C57H46N2/c1-56(2)54-29-16-15-28-52(54)53-35-34-51(41-55(53)56)59(49-26-13-6-14-27-49)57(38-36-45(37-39-57)47-23-17-22-46(40-47)43-20-9-4-10-21-43)58(48-24-11-5-12-25-48)50-32-30-44(31-33-50)42-18-7-3-8-19-42/h3-38,40-41H,39H2,1-2H3. The van der Waals surface area contributed by atoms with Crippen molar-refractivity contribution in [2.75, 3.05) is 9.80 Å². The molecule has 2 heteroatoms. The van der Waals surface area contributed by atoms with Gasteiger partial charge in [0.1, 0.15) is 5.66 Å². The van der Waals surface area contributed by atoms with Crippen molar-refractivity contribution < 1.29 is 0 Å². The Morgan fingerprint density at radius 3 is 1.47 bits per heavy atom. The van der Waals surface area contributed by atoms with Gasteiger partial charge in [-0.05, 0) is 116 Å². The first-order valence-corrected chi connectivity index (χ1v) is 20.7. The first-order chi connectivity index (χ1) is 29.0. The van der Waals surface area contributed by atoms with Crippen molar-refractivity contribution >= 4 is 28.3 Å². The van der Waals surface area contributed by atoms with E-state index in [1.165, 1.54) is 55.6 Å². The van der Waals surface area contributed by atoms with Crippen molar-refractivity contribution in [2.24, 2.45) is 0 Å². The van der Waals surface area contributed by atoms with Gasteiger partial charge < -0.3 is 9.80 Å². The van der Waals surface area contributed by atoms with Crippen LogP contribution in [0.15, 0.2) is 231 Å². The van der Waals surface area contributed by atoms with E-state index in [4.69, 9.17) is 0 Å². The lowest BCUT2D eigenvalue weighted by molar-refractivity contribution is 0.525. The smallest absolute Gasteiger partial charge is 0.145 e. The third-order valence-corrected chi connectivity index (χ3v) is 12.3. The van der Waals surface area contributed by atoms with Crippen LogP contribution in [0.1, 0.15) is 37.0 Å². The average Bonchev–Trinajstić information content (AvgIpc) is 3.53. The van der Waals surface area contributed by atoms with Gasteiger partial charge in [0.15, 0.2) is 0 Å². The fourth-order valence-corrected chi connectivity index (χ4v) is 9.39. The van der Waals surface area contributed by atoms with E-state index >= 15 is 0 Å². The van der Waals surface area contributed by atoms with Gasteiger partial charge in [-0.2, -0.15) is 0 Å². The molecule has 8 aromatic rings. The average molecular weight is 759 g/mol. The molecule has 2 aliphatic rings. The van der Waals surface area contributed by atoms with Crippen molar-refractivity contribution in [1.82, 2.24) is 0 Å². The maximum absolute atomic E-state index is 2.58. The van der Waals surface area contributed by atoms with Gasteiger partial charge in [0.2, 0.25) is 0 Å². The van der Waals surface area contributed by atoms with E-state index in [9.17, 15) is 0 Å². The monoisotopic (exact) mass is 758 g/mol.